The SMILES string of the molecule is CC(C)n1cnnc1-c1cccc(NC(=O)c2cc3sc(N4CCCC4)nc3cc2F)n1. The Kier molecular flexibility index (Phi) is 5.30. The number of amides is 1. The zero-order chi connectivity index (χ0) is 22.2. The van der Waals surface area contributed by atoms with Crippen LogP contribution in [0.2, 0.25) is 0 Å². The Bertz CT molecular complexity index is 1290. The van der Waals surface area contributed by atoms with E-state index in [0.717, 1.165) is 35.8 Å². The van der Waals surface area contributed by atoms with Gasteiger partial charge >= 0.3 is 0 Å². The van der Waals surface area contributed by atoms with E-state index >= 15 is 0 Å². The van der Waals surface area contributed by atoms with Crippen molar-refractivity contribution in [2.75, 3.05) is 23.3 Å². The fourth-order valence-corrected chi connectivity index (χ4v) is 4.81. The van der Waals surface area contributed by atoms with Gasteiger partial charge in [-0.15, -0.1) is 10.2 Å². The van der Waals surface area contributed by atoms with Gasteiger partial charge in [0.15, 0.2) is 11.0 Å². The molecule has 10 heteroatoms. The van der Waals surface area contributed by atoms with E-state index in [0.29, 0.717) is 22.9 Å². The largest absolute Gasteiger partial charge is 0.348 e. The maximum absolute atomic E-state index is 14.8. The molecule has 0 unspecified atom stereocenters. The molecule has 1 aliphatic rings. The molecule has 0 atom stereocenters. The van der Waals surface area contributed by atoms with E-state index < -0.39 is 11.7 Å². The van der Waals surface area contributed by atoms with Gasteiger partial charge < -0.3 is 14.8 Å². The summed E-state index contributed by atoms with van der Waals surface area (Å²) in [6.07, 6.45) is 3.91. The number of carbonyl (C=O) groups is 1. The molecule has 0 aliphatic carbocycles. The number of fused-ring (bicyclic) bond motifs is 1. The van der Waals surface area contributed by atoms with Gasteiger partial charge in [-0.1, -0.05) is 17.4 Å². The molecule has 1 fully saturated rings. The van der Waals surface area contributed by atoms with Crippen molar-refractivity contribution in [1.82, 2.24) is 24.7 Å². The second-order valence-corrected chi connectivity index (χ2v) is 9.02. The fourth-order valence-electron chi connectivity index (χ4n) is 3.77. The Morgan fingerprint density at radius 3 is 2.78 bits per heavy atom. The summed E-state index contributed by atoms with van der Waals surface area (Å²) in [6, 6.07) is 8.27. The summed E-state index contributed by atoms with van der Waals surface area (Å²) in [5.41, 5.74) is 1.11. The third kappa shape index (κ3) is 3.81. The van der Waals surface area contributed by atoms with Crippen molar-refractivity contribution in [3.05, 3.63) is 48.0 Å². The molecule has 0 radical (unpaired) electrons. The molecule has 4 aromatic rings. The van der Waals surface area contributed by atoms with Crippen LogP contribution in [0.15, 0.2) is 36.7 Å². The third-order valence-corrected chi connectivity index (χ3v) is 6.52. The van der Waals surface area contributed by atoms with Crippen molar-refractivity contribution in [3.63, 3.8) is 0 Å². The van der Waals surface area contributed by atoms with Crippen molar-refractivity contribution >= 4 is 38.4 Å². The molecule has 4 heterocycles. The summed E-state index contributed by atoms with van der Waals surface area (Å²) < 4.78 is 17.4. The highest BCUT2D eigenvalue weighted by molar-refractivity contribution is 7.22. The normalized spacial score (nSPS) is 13.9. The van der Waals surface area contributed by atoms with Crippen LogP contribution in [0.25, 0.3) is 21.7 Å². The summed E-state index contributed by atoms with van der Waals surface area (Å²) in [7, 11) is 0. The van der Waals surface area contributed by atoms with Gasteiger partial charge in [0, 0.05) is 25.2 Å². The second-order valence-electron chi connectivity index (χ2n) is 8.01. The fraction of sp³-hybridized carbons (Fsp3) is 0.318. The topological polar surface area (TPSA) is 88.8 Å². The summed E-state index contributed by atoms with van der Waals surface area (Å²) in [5, 5.41) is 11.7. The number of benzene rings is 1. The number of aromatic nitrogens is 5. The number of carbonyl (C=O) groups excluding carboxylic acids is 1. The average molecular weight is 452 g/mol. The van der Waals surface area contributed by atoms with E-state index in [1.54, 1.807) is 30.6 Å². The smallest absolute Gasteiger partial charge is 0.259 e. The molecule has 0 saturated carbocycles. The summed E-state index contributed by atoms with van der Waals surface area (Å²) >= 11 is 1.48. The quantitative estimate of drug-likeness (QED) is 0.480. The Hall–Kier alpha value is -3.40. The maximum Gasteiger partial charge on any atom is 0.259 e. The van der Waals surface area contributed by atoms with Crippen molar-refractivity contribution in [3.8, 4) is 11.5 Å². The van der Waals surface area contributed by atoms with Crippen LogP contribution < -0.4 is 10.2 Å². The Morgan fingerprint density at radius 2 is 2.00 bits per heavy atom. The van der Waals surface area contributed by atoms with Crippen molar-refractivity contribution < 1.29 is 9.18 Å². The monoisotopic (exact) mass is 451 g/mol. The predicted molar refractivity (Wildman–Crippen MR) is 123 cm³/mol. The minimum atomic E-state index is -0.607. The van der Waals surface area contributed by atoms with E-state index in [-0.39, 0.29) is 11.6 Å². The lowest BCUT2D eigenvalue weighted by atomic mass is 10.2. The van der Waals surface area contributed by atoms with Gasteiger partial charge in [-0.2, -0.15) is 0 Å². The van der Waals surface area contributed by atoms with Crippen LogP contribution in [0.4, 0.5) is 15.3 Å². The molecule has 5 rings (SSSR count). The van der Waals surface area contributed by atoms with Gasteiger partial charge in [0.1, 0.15) is 23.7 Å². The van der Waals surface area contributed by atoms with Crippen LogP contribution in [-0.4, -0.2) is 43.7 Å². The van der Waals surface area contributed by atoms with E-state index in [2.05, 4.69) is 30.4 Å². The first-order valence-corrected chi connectivity index (χ1v) is 11.3. The van der Waals surface area contributed by atoms with E-state index in [1.165, 1.54) is 17.4 Å². The maximum atomic E-state index is 14.8. The molecule has 1 amide bonds. The van der Waals surface area contributed by atoms with Crippen LogP contribution >= 0.6 is 11.3 Å². The van der Waals surface area contributed by atoms with Crippen molar-refractivity contribution in [2.45, 2.75) is 32.7 Å². The molecule has 32 heavy (non-hydrogen) atoms. The summed E-state index contributed by atoms with van der Waals surface area (Å²) in [5.74, 6) is -0.255. The average Bonchev–Trinajstić information content (AvgIpc) is 3.52. The number of thiazole rings is 1. The van der Waals surface area contributed by atoms with Crippen LogP contribution in [0.3, 0.4) is 0 Å². The molecular formula is C22H22FN7OS. The summed E-state index contributed by atoms with van der Waals surface area (Å²) in [6.45, 7) is 5.96. The van der Waals surface area contributed by atoms with Crippen LogP contribution in [0.5, 0.6) is 0 Å². The lowest BCUT2D eigenvalue weighted by Crippen LogP contribution is -2.16. The predicted octanol–water partition coefficient (Wildman–Crippen LogP) is 4.52. The first kappa shape index (κ1) is 20.5. The lowest BCUT2D eigenvalue weighted by molar-refractivity contribution is 0.102. The number of halogens is 1. The zero-order valence-electron chi connectivity index (χ0n) is 17.7. The Morgan fingerprint density at radius 1 is 1.19 bits per heavy atom. The third-order valence-electron chi connectivity index (χ3n) is 5.44. The van der Waals surface area contributed by atoms with Gasteiger partial charge in [-0.05, 0) is 44.9 Å². The highest BCUT2D eigenvalue weighted by Crippen LogP contribution is 2.32. The number of hydrogen-bond acceptors (Lipinski definition) is 7. The molecule has 0 spiro atoms. The lowest BCUT2D eigenvalue weighted by Gasteiger charge is -2.11. The first-order chi connectivity index (χ1) is 15.5. The van der Waals surface area contributed by atoms with E-state index in [4.69, 9.17) is 0 Å². The highest BCUT2D eigenvalue weighted by atomic mass is 32.1. The minimum Gasteiger partial charge on any atom is -0.348 e. The molecule has 1 aliphatic heterocycles. The molecule has 164 valence electrons. The van der Waals surface area contributed by atoms with Crippen molar-refractivity contribution in [1.29, 1.82) is 0 Å². The number of anilines is 2. The van der Waals surface area contributed by atoms with Crippen LogP contribution in [-0.2, 0) is 0 Å². The number of nitrogens with one attached hydrogen (secondary N) is 1. The van der Waals surface area contributed by atoms with Crippen LogP contribution in [0.1, 0.15) is 43.1 Å². The highest BCUT2D eigenvalue weighted by Gasteiger charge is 2.20. The molecule has 1 N–H and O–H groups in total. The van der Waals surface area contributed by atoms with E-state index in [9.17, 15) is 9.18 Å². The molecule has 0 bridgehead atoms. The Labute approximate surface area is 188 Å². The number of hydrogen-bond donors (Lipinski definition) is 1. The Balaban J connectivity index is 1.41. The first-order valence-electron chi connectivity index (χ1n) is 10.5. The van der Waals surface area contributed by atoms with Gasteiger partial charge in [0.05, 0.1) is 15.8 Å². The van der Waals surface area contributed by atoms with Gasteiger partial charge in [0.2, 0.25) is 0 Å². The number of nitrogens with zero attached hydrogens (tertiary/aromatic N) is 6. The molecule has 3 aromatic heterocycles. The number of rotatable bonds is 5. The van der Waals surface area contributed by atoms with Gasteiger partial charge in [-0.3, -0.25) is 4.79 Å². The molecule has 8 nitrogen and oxygen atoms in total. The zero-order valence-corrected chi connectivity index (χ0v) is 18.6. The van der Waals surface area contributed by atoms with Gasteiger partial charge in [-0.25, -0.2) is 14.4 Å². The second kappa shape index (κ2) is 8.27. The molecule has 1 saturated heterocycles. The van der Waals surface area contributed by atoms with Gasteiger partial charge in [0.25, 0.3) is 5.91 Å². The number of pyridine rings is 1. The minimum absolute atomic E-state index is 0.0355. The van der Waals surface area contributed by atoms with Crippen LogP contribution in [0, 0.1) is 5.82 Å². The van der Waals surface area contributed by atoms with Crippen molar-refractivity contribution in [2.24, 2.45) is 0 Å². The molecule has 1 aromatic carbocycles. The standard InChI is InChI=1S/C22H22FN7OS/c1-13(2)30-12-24-28-20(30)16-6-5-7-19(25-16)27-21(31)14-10-18-17(11-15(14)23)26-22(32-18)29-8-3-4-9-29/h5-7,10-13H,3-4,8-9H2,1-2H3,(H,25,27,31). The summed E-state index contributed by atoms with van der Waals surface area (Å²) in [4.78, 5) is 24.1. The van der Waals surface area contributed by atoms with E-state index in [1.807, 2.05) is 18.4 Å². The molecular weight excluding hydrogens is 429 g/mol.